The van der Waals surface area contributed by atoms with E-state index in [1.807, 2.05) is 36.7 Å². The highest BCUT2D eigenvalue weighted by Crippen LogP contribution is 2.28. The van der Waals surface area contributed by atoms with E-state index in [2.05, 4.69) is 24.4 Å². The Morgan fingerprint density at radius 2 is 2.07 bits per heavy atom. The Hall–Kier alpha value is -3.22. The maximum Gasteiger partial charge on any atom is 0.354 e. The largest absolute Gasteiger partial charge is 0.477 e. The van der Waals surface area contributed by atoms with E-state index < -0.39 is 5.97 Å². The average molecular weight is 363 g/mol. The molecule has 0 unspecified atom stereocenters. The van der Waals surface area contributed by atoms with E-state index in [-0.39, 0.29) is 11.6 Å². The number of aromatic nitrogens is 4. The van der Waals surface area contributed by atoms with E-state index >= 15 is 0 Å². The minimum Gasteiger partial charge on any atom is -0.477 e. The zero-order valence-electron chi connectivity index (χ0n) is 14.9. The highest BCUT2D eigenvalue weighted by molar-refractivity contribution is 5.85. The van der Waals surface area contributed by atoms with Crippen LogP contribution in [0.15, 0.2) is 55.0 Å². The predicted molar refractivity (Wildman–Crippen MR) is 101 cm³/mol. The van der Waals surface area contributed by atoms with Crippen LogP contribution in [0.4, 0.5) is 5.82 Å². The smallest absolute Gasteiger partial charge is 0.354 e. The maximum absolute atomic E-state index is 11.2. The van der Waals surface area contributed by atoms with Crippen molar-refractivity contribution < 1.29 is 9.90 Å². The third-order valence-electron chi connectivity index (χ3n) is 4.87. The lowest BCUT2D eigenvalue weighted by Gasteiger charge is -2.33. The van der Waals surface area contributed by atoms with Crippen molar-refractivity contribution >= 4 is 11.8 Å². The van der Waals surface area contributed by atoms with Crippen LogP contribution in [-0.2, 0) is 6.54 Å². The van der Waals surface area contributed by atoms with E-state index in [1.165, 1.54) is 6.07 Å². The minimum atomic E-state index is -1.00. The molecule has 0 spiro atoms. The van der Waals surface area contributed by atoms with Gasteiger partial charge in [-0.25, -0.2) is 14.8 Å². The quantitative estimate of drug-likeness (QED) is 0.750. The molecule has 7 nitrogen and oxygen atoms in total. The Kier molecular flexibility index (Phi) is 4.82. The van der Waals surface area contributed by atoms with Crippen molar-refractivity contribution in [2.45, 2.75) is 25.3 Å². The van der Waals surface area contributed by atoms with Crippen LogP contribution in [0.3, 0.4) is 0 Å². The van der Waals surface area contributed by atoms with Gasteiger partial charge >= 0.3 is 5.97 Å². The fourth-order valence-electron chi connectivity index (χ4n) is 3.59. The SMILES string of the molecule is O=C(O)c1cccc(N2CCC[C@H](c3nccn3Cc3ccccn3)C2)n1. The molecule has 1 N–H and O–H groups in total. The summed E-state index contributed by atoms with van der Waals surface area (Å²) in [6.07, 6.45) is 7.69. The summed E-state index contributed by atoms with van der Waals surface area (Å²) in [5, 5.41) is 9.19. The molecular weight excluding hydrogens is 342 g/mol. The monoisotopic (exact) mass is 363 g/mol. The van der Waals surface area contributed by atoms with Crippen LogP contribution in [0.1, 0.15) is 40.8 Å². The van der Waals surface area contributed by atoms with Crippen LogP contribution in [0.25, 0.3) is 0 Å². The lowest BCUT2D eigenvalue weighted by Crippen LogP contribution is -2.36. The second-order valence-corrected chi connectivity index (χ2v) is 6.71. The number of anilines is 1. The Bertz CT molecular complexity index is 925. The van der Waals surface area contributed by atoms with E-state index in [0.717, 1.165) is 37.4 Å². The topological polar surface area (TPSA) is 84.1 Å². The molecule has 1 aliphatic rings. The lowest BCUT2D eigenvalue weighted by molar-refractivity contribution is 0.0690. The van der Waals surface area contributed by atoms with Crippen LogP contribution < -0.4 is 4.90 Å². The third kappa shape index (κ3) is 3.81. The van der Waals surface area contributed by atoms with Gasteiger partial charge in [0.15, 0.2) is 5.69 Å². The molecule has 3 aromatic rings. The van der Waals surface area contributed by atoms with E-state index in [9.17, 15) is 9.90 Å². The molecule has 0 saturated carbocycles. The molecule has 0 amide bonds. The van der Waals surface area contributed by atoms with Crippen molar-refractivity contribution in [1.82, 2.24) is 19.5 Å². The van der Waals surface area contributed by atoms with Gasteiger partial charge in [0.1, 0.15) is 11.6 Å². The van der Waals surface area contributed by atoms with Crippen LogP contribution in [0, 0.1) is 0 Å². The van der Waals surface area contributed by atoms with Gasteiger partial charge in [-0.2, -0.15) is 0 Å². The molecule has 1 saturated heterocycles. The van der Waals surface area contributed by atoms with Crippen LogP contribution in [-0.4, -0.2) is 43.7 Å². The fraction of sp³-hybridized carbons (Fsp3) is 0.300. The summed E-state index contributed by atoms with van der Waals surface area (Å²) < 4.78 is 2.15. The Balaban J connectivity index is 1.53. The van der Waals surface area contributed by atoms with Gasteiger partial charge in [-0.15, -0.1) is 0 Å². The summed E-state index contributed by atoms with van der Waals surface area (Å²) in [4.78, 5) is 26.7. The van der Waals surface area contributed by atoms with Gasteiger partial charge in [-0.1, -0.05) is 12.1 Å². The number of carboxylic acids is 1. The number of carboxylic acid groups (broad SMARTS) is 1. The zero-order valence-corrected chi connectivity index (χ0v) is 14.9. The van der Waals surface area contributed by atoms with Gasteiger partial charge in [0, 0.05) is 37.6 Å². The van der Waals surface area contributed by atoms with Gasteiger partial charge in [0.2, 0.25) is 0 Å². The highest BCUT2D eigenvalue weighted by Gasteiger charge is 2.26. The first-order valence-corrected chi connectivity index (χ1v) is 9.07. The second kappa shape index (κ2) is 7.57. The van der Waals surface area contributed by atoms with Gasteiger partial charge in [0.05, 0.1) is 12.2 Å². The first-order valence-electron chi connectivity index (χ1n) is 9.07. The van der Waals surface area contributed by atoms with Gasteiger partial charge in [-0.05, 0) is 37.1 Å². The molecule has 138 valence electrons. The van der Waals surface area contributed by atoms with Crippen LogP contribution in [0.5, 0.6) is 0 Å². The molecule has 7 heteroatoms. The summed E-state index contributed by atoms with van der Waals surface area (Å²) in [5.41, 5.74) is 1.08. The number of carbonyl (C=O) groups is 1. The van der Waals surface area contributed by atoms with E-state index in [4.69, 9.17) is 0 Å². The van der Waals surface area contributed by atoms with E-state index in [1.54, 1.807) is 12.3 Å². The van der Waals surface area contributed by atoms with E-state index in [0.29, 0.717) is 12.4 Å². The first-order chi connectivity index (χ1) is 13.2. The van der Waals surface area contributed by atoms with Crippen LogP contribution >= 0.6 is 0 Å². The molecule has 4 rings (SSSR count). The lowest BCUT2D eigenvalue weighted by atomic mass is 9.97. The Morgan fingerprint density at radius 1 is 1.15 bits per heavy atom. The van der Waals surface area contributed by atoms with Crippen molar-refractivity contribution in [2.75, 3.05) is 18.0 Å². The van der Waals surface area contributed by atoms with Crippen molar-refractivity contribution in [3.8, 4) is 0 Å². The number of pyridine rings is 2. The number of imidazole rings is 1. The van der Waals surface area contributed by atoms with Gasteiger partial charge in [-0.3, -0.25) is 4.98 Å². The van der Waals surface area contributed by atoms with Gasteiger partial charge in [0.25, 0.3) is 0 Å². The molecule has 0 radical (unpaired) electrons. The first kappa shape index (κ1) is 17.2. The van der Waals surface area contributed by atoms with Crippen molar-refractivity contribution in [3.63, 3.8) is 0 Å². The van der Waals surface area contributed by atoms with Crippen molar-refractivity contribution in [3.05, 3.63) is 72.2 Å². The molecule has 1 aliphatic heterocycles. The number of hydrogen-bond donors (Lipinski definition) is 1. The summed E-state index contributed by atoms with van der Waals surface area (Å²) in [6.45, 7) is 2.34. The average Bonchev–Trinajstić information content (AvgIpc) is 3.17. The summed E-state index contributed by atoms with van der Waals surface area (Å²) >= 11 is 0. The molecule has 0 aromatic carbocycles. The number of nitrogens with zero attached hydrogens (tertiary/aromatic N) is 5. The maximum atomic E-state index is 11.2. The number of hydrogen-bond acceptors (Lipinski definition) is 5. The number of piperidine rings is 1. The number of aromatic carboxylic acids is 1. The molecule has 27 heavy (non-hydrogen) atoms. The second-order valence-electron chi connectivity index (χ2n) is 6.71. The molecule has 0 aliphatic carbocycles. The Morgan fingerprint density at radius 3 is 2.89 bits per heavy atom. The van der Waals surface area contributed by atoms with Gasteiger partial charge < -0.3 is 14.6 Å². The summed E-state index contributed by atoms with van der Waals surface area (Å²) in [6, 6.07) is 11.1. The van der Waals surface area contributed by atoms with Crippen molar-refractivity contribution in [2.24, 2.45) is 0 Å². The standard InChI is InChI=1S/C20H21N5O2/c26-20(27)17-7-3-8-18(23-17)24-11-4-5-15(13-24)19-22-10-12-25(19)14-16-6-1-2-9-21-16/h1-3,6-10,12,15H,4-5,11,13-14H2,(H,26,27)/t15-/m0/s1. The Labute approximate surface area is 157 Å². The number of rotatable bonds is 5. The summed E-state index contributed by atoms with van der Waals surface area (Å²) in [7, 11) is 0. The molecule has 4 heterocycles. The third-order valence-corrected chi connectivity index (χ3v) is 4.87. The van der Waals surface area contributed by atoms with Crippen LogP contribution in [0.2, 0.25) is 0 Å². The highest BCUT2D eigenvalue weighted by atomic mass is 16.4. The molecular formula is C20H21N5O2. The summed E-state index contributed by atoms with van der Waals surface area (Å²) in [5.74, 6) is 1.02. The molecule has 1 fully saturated rings. The molecule has 0 bridgehead atoms. The predicted octanol–water partition coefficient (Wildman–Crippen LogP) is 2.80. The zero-order chi connectivity index (χ0) is 18.6. The molecule has 1 atom stereocenters. The fourth-order valence-corrected chi connectivity index (χ4v) is 3.59. The normalized spacial score (nSPS) is 17.0. The minimum absolute atomic E-state index is 0.0753. The van der Waals surface area contributed by atoms with Crippen molar-refractivity contribution in [1.29, 1.82) is 0 Å². The molecule has 3 aromatic heterocycles.